The summed E-state index contributed by atoms with van der Waals surface area (Å²) in [6, 6.07) is 10.8. The molecule has 0 saturated carbocycles. The van der Waals surface area contributed by atoms with E-state index in [1.165, 1.54) is 49.7 Å². The summed E-state index contributed by atoms with van der Waals surface area (Å²) < 4.78 is 0. The van der Waals surface area contributed by atoms with Gasteiger partial charge in [0.15, 0.2) is 0 Å². The van der Waals surface area contributed by atoms with Crippen LogP contribution in [0.1, 0.15) is 58.4 Å². The predicted octanol–water partition coefficient (Wildman–Crippen LogP) is 5.78. The molecule has 0 radical (unpaired) electrons. The quantitative estimate of drug-likeness (QED) is 0.401. The Balaban J connectivity index is 2.05. The molecule has 0 aliphatic heterocycles. The zero-order valence-corrected chi connectivity index (χ0v) is 12.3. The van der Waals surface area contributed by atoms with Crippen molar-refractivity contribution in [1.29, 1.82) is 0 Å². The molecule has 0 amide bonds. The molecule has 0 spiro atoms. The van der Waals surface area contributed by atoms with Gasteiger partial charge in [-0.15, -0.1) is 0 Å². The first-order valence-corrected chi connectivity index (χ1v) is 7.36. The second-order valence-corrected chi connectivity index (χ2v) is 5.70. The molecule has 0 N–H and O–H groups in total. The highest BCUT2D eigenvalue weighted by Gasteiger charge is 2.01. The lowest BCUT2D eigenvalue weighted by atomic mass is 9.97. The third-order valence-electron chi connectivity index (χ3n) is 3.47. The molecule has 0 heteroatoms. The van der Waals surface area contributed by atoms with Gasteiger partial charge in [-0.05, 0) is 51.0 Å². The molecule has 1 atom stereocenters. The van der Waals surface area contributed by atoms with Crippen molar-refractivity contribution >= 4 is 0 Å². The first kappa shape index (κ1) is 15.0. The second kappa shape index (κ2) is 8.97. The van der Waals surface area contributed by atoms with E-state index in [0.717, 1.165) is 5.92 Å². The van der Waals surface area contributed by atoms with Gasteiger partial charge in [-0.25, -0.2) is 0 Å². The summed E-state index contributed by atoms with van der Waals surface area (Å²) in [5.41, 5.74) is 2.93. The number of aryl methyl sites for hydroxylation is 1. The van der Waals surface area contributed by atoms with Crippen LogP contribution in [0.5, 0.6) is 0 Å². The van der Waals surface area contributed by atoms with Gasteiger partial charge in [-0.1, -0.05) is 61.7 Å². The van der Waals surface area contributed by atoms with Crippen molar-refractivity contribution in [3.05, 3.63) is 47.5 Å². The molecule has 1 aromatic carbocycles. The smallest absolute Gasteiger partial charge is 0.0279 e. The molecule has 0 saturated heterocycles. The van der Waals surface area contributed by atoms with Gasteiger partial charge in [-0.3, -0.25) is 0 Å². The summed E-state index contributed by atoms with van der Waals surface area (Å²) in [7, 11) is 0. The maximum atomic E-state index is 2.39. The fourth-order valence-electron chi connectivity index (χ4n) is 2.27. The molecular formula is C18H28. The van der Waals surface area contributed by atoms with Gasteiger partial charge in [0.25, 0.3) is 0 Å². The zero-order chi connectivity index (χ0) is 13.2. The molecule has 0 nitrogen and oxygen atoms in total. The molecule has 18 heavy (non-hydrogen) atoms. The lowest BCUT2D eigenvalue weighted by molar-refractivity contribution is 0.469. The van der Waals surface area contributed by atoms with Gasteiger partial charge in [0, 0.05) is 0 Å². The van der Waals surface area contributed by atoms with E-state index in [-0.39, 0.29) is 0 Å². The first-order valence-electron chi connectivity index (χ1n) is 7.36. The van der Waals surface area contributed by atoms with Crippen LogP contribution in [0, 0.1) is 5.92 Å². The van der Waals surface area contributed by atoms with Crippen LogP contribution in [-0.2, 0) is 6.42 Å². The molecule has 1 aromatic rings. The number of hydrogen-bond donors (Lipinski definition) is 0. The number of rotatable bonds is 8. The van der Waals surface area contributed by atoms with Crippen molar-refractivity contribution in [1.82, 2.24) is 0 Å². The van der Waals surface area contributed by atoms with Crippen LogP contribution in [0.3, 0.4) is 0 Å². The lowest BCUT2D eigenvalue weighted by Gasteiger charge is -2.09. The molecule has 1 unspecified atom stereocenters. The van der Waals surface area contributed by atoms with E-state index in [1.807, 2.05) is 0 Å². The first-order chi connectivity index (χ1) is 8.68. The van der Waals surface area contributed by atoms with Crippen molar-refractivity contribution in [2.24, 2.45) is 5.92 Å². The Morgan fingerprint density at radius 2 is 1.78 bits per heavy atom. The van der Waals surface area contributed by atoms with Crippen molar-refractivity contribution in [2.45, 2.75) is 59.3 Å². The molecule has 1 rings (SSSR count). The average molecular weight is 244 g/mol. The van der Waals surface area contributed by atoms with Gasteiger partial charge >= 0.3 is 0 Å². The van der Waals surface area contributed by atoms with E-state index in [9.17, 15) is 0 Å². The van der Waals surface area contributed by atoms with Crippen molar-refractivity contribution in [3.63, 3.8) is 0 Å². The van der Waals surface area contributed by atoms with Crippen LogP contribution < -0.4 is 0 Å². The third-order valence-corrected chi connectivity index (χ3v) is 3.47. The normalized spacial score (nSPS) is 12.2. The van der Waals surface area contributed by atoms with Crippen LogP contribution >= 0.6 is 0 Å². The maximum Gasteiger partial charge on any atom is -0.0279 e. The number of unbranched alkanes of at least 4 members (excludes halogenated alkanes) is 1. The molecule has 0 heterocycles. The second-order valence-electron chi connectivity index (χ2n) is 5.70. The van der Waals surface area contributed by atoms with E-state index < -0.39 is 0 Å². The van der Waals surface area contributed by atoms with Gasteiger partial charge in [0.1, 0.15) is 0 Å². The average Bonchev–Trinajstić information content (AvgIpc) is 2.35. The fraction of sp³-hybridized carbons (Fsp3) is 0.556. The lowest BCUT2D eigenvalue weighted by Crippen LogP contribution is -1.95. The number of allylic oxidation sites excluding steroid dienone is 2. The summed E-state index contributed by atoms with van der Waals surface area (Å²) in [6.45, 7) is 6.76. The number of hydrogen-bond acceptors (Lipinski definition) is 0. The predicted molar refractivity (Wildman–Crippen MR) is 81.8 cm³/mol. The summed E-state index contributed by atoms with van der Waals surface area (Å²) >= 11 is 0. The Kier molecular flexibility index (Phi) is 7.48. The Bertz CT molecular complexity index is 330. The minimum absolute atomic E-state index is 0.872. The van der Waals surface area contributed by atoms with Crippen molar-refractivity contribution in [2.75, 3.05) is 0 Å². The Morgan fingerprint density at radius 3 is 2.44 bits per heavy atom. The van der Waals surface area contributed by atoms with E-state index in [4.69, 9.17) is 0 Å². The minimum Gasteiger partial charge on any atom is -0.0859 e. The van der Waals surface area contributed by atoms with Crippen molar-refractivity contribution < 1.29 is 0 Å². The fourth-order valence-corrected chi connectivity index (χ4v) is 2.27. The molecule has 0 bridgehead atoms. The van der Waals surface area contributed by atoms with Gasteiger partial charge in [0.2, 0.25) is 0 Å². The summed E-state index contributed by atoms with van der Waals surface area (Å²) in [4.78, 5) is 0. The minimum atomic E-state index is 0.872. The highest BCUT2D eigenvalue weighted by Crippen LogP contribution is 2.16. The maximum absolute atomic E-state index is 2.39. The Morgan fingerprint density at radius 1 is 1.06 bits per heavy atom. The van der Waals surface area contributed by atoms with Gasteiger partial charge < -0.3 is 0 Å². The molecule has 0 aromatic heterocycles. The van der Waals surface area contributed by atoms with Crippen LogP contribution in [-0.4, -0.2) is 0 Å². The van der Waals surface area contributed by atoms with Crippen LogP contribution in [0.25, 0.3) is 0 Å². The van der Waals surface area contributed by atoms with Crippen LogP contribution in [0.2, 0.25) is 0 Å². The zero-order valence-electron chi connectivity index (χ0n) is 12.3. The van der Waals surface area contributed by atoms with Crippen molar-refractivity contribution in [3.8, 4) is 0 Å². The topological polar surface area (TPSA) is 0 Å². The highest BCUT2D eigenvalue weighted by molar-refractivity contribution is 5.14. The van der Waals surface area contributed by atoms with Gasteiger partial charge in [-0.2, -0.15) is 0 Å². The largest absolute Gasteiger partial charge is 0.0859 e. The van der Waals surface area contributed by atoms with E-state index in [2.05, 4.69) is 57.2 Å². The summed E-state index contributed by atoms with van der Waals surface area (Å²) in [5, 5.41) is 0. The monoisotopic (exact) mass is 244 g/mol. The van der Waals surface area contributed by atoms with Crippen LogP contribution in [0.4, 0.5) is 0 Å². The molecule has 0 aliphatic rings. The molecular weight excluding hydrogens is 216 g/mol. The van der Waals surface area contributed by atoms with Gasteiger partial charge in [0.05, 0.1) is 0 Å². The SMILES string of the molecule is CC(C)=CCCC(C)CCCCc1ccccc1. The Hall–Kier alpha value is -1.04. The van der Waals surface area contributed by atoms with E-state index in [1.54, 1.807) is 0 Å². The summed E-state index contributed by atoms with van der Waals surface area (Å²) in [5.74, 6) is 0.872. The van der Waals surface area contributed by atoms with E-state index in [0.29, 0.717) is 0 Å². The Labute approximate surface area is 113 Å². The summed E-state index contributed by atoms with van der Waals surface area (Å²) in [6.07, 6.45) is 10.3. The number of benzene rings is 1. The molecule has 100 valence electrons. The van der Waals surface area contributed by atoms with Crippen LogP contribution in [0.15, 0.2) is 42.0 Å². The molecule has 0 aliphatic carbocycles. The highest BCUT2D eigenvalue weighted by atomic mass is 14.1. The third kappa shape index (κ3) is 7.32. The standard InChI is InChI=1S/C18H28/c1-16(2)10-9-12-17(3)11-7-8-15-18-13-5-4-6-14-18/h4-6,10,13-14,17H,7-9,11-12,15H2,1-3H3. The van der Waals surface area contributed by atoms with E-state index >= 15 is 0 Å². The molecule has 0 fully saturated rings.